The van der Waals surface area contributed by atoms with Crippen LogP contribution in [0.15, 0.2) is 34.9 Å². The van der Waals surface area contributed by atoms with E-state index in [1.807, 2.05) is 32.0 Å². The molecule has 4 heteroatoms. The van der Waals surface area contributed by atoms with Crippen molar-refractivity contribution in [1.82, 2.24) is 4.98 Å². The van der Waals surface area contributed by atoms with Gasteiger partial charge in [-0.2, -0.15) is 0 Å². The first-order valence-electron chi connectivity index (χ1n) is 5.78. The molecular weight excluding hydrogens is 290 g/mol. The Morgan fingerprint density at radius 3 is 2.83 bits per heavy atom. The first-order chi connectivity index (χ1) is 8.58. The number of nitrogen functional groups attached to an aromatic ring is 1. The minimum absolute atomic E-state index is 0.729. The molecule has 1 aromatic heterocycles. The Labute approximate surface area is 116 Å². The van der Waals surface area contributed by atoms with Crippen LogP contribution in [0.2, 0.25) is 0 Å². The van der Waals surface area contributed by atoms with Crippen LogP contribution in [-0.4, -0.2) is 4.98 Å². The number of benzene rings is 1. The van der Waals surface area contributed by atoms with E-state index >= 15 is 0 Å². The summed E-state index contributed by atoms with van der Waals surface area (Å²) < 4.78 is 0.991. The van der Waals surface area contributed by atoms with E-state index in [0.717, 1.165) is 33.6 Å². The van der Waals surface area contributed by atoms with Crippen LogP contribution in [0.1, 0.15) is 16.7 Å². The van der Waals surface area contributed by atoms with Crippen LogP contribution in [0, 0.1) is 13.8 Å². The van der Waals surface area contributed by atoms with Crippen molar-refractivity contribution in [3.63, 3.8) is 0 Å². The molecule has 0 saturated carbocycles. The summed E-state index contributed by atoms with van der Waals surface area (Å²) in [5.41, 5.74) is 10.2. The van der Waals surface area contributed by atoms with E-state index in [1.165, 1.54) is 5.56 Å². The number of pyridine rings is 1. The molecule has 0 unspecified atom stereocenters. The highest BCUT2D eigenvalue weighted by atomic mass is 79.9. The largest absolute Gasteiger partial charge is 0.399 e. The van der Waals surface area contributed by atoms with E-state index in [4.69, 9.17) is 5.73 Å². The zero-order valence-electron chi connectivity index (χ0n) is 10.5. The Hall–Kier alpha value is -1.55. The lowest BCUT2D eigenvalue weighted by molar-refractivity contribution is 1.08. The second-order valence-electron chi connectivity index (χ2n) is 4.30. The number of rotatable bonds is 3. The monoisotopic (exact) mass is 305 g/mol. The topological polar surface area (TPSA) is 50.9 Å². The van der Waals surface area contributed by atoms with Crippen LogP contribution in [0.4, 0.5) is 11.5 Å². The van der Waals surface area contributed by atoms with E-state index < -0.39 is 0 Å². The quantitative estimate of drug-likeness (QED) is 0.851. The molecule has 0 fully saturated rings. The highest BCUT2D eigenvalue weighted by Gasteiger charge is 2.03. The first-order valence-corrected chi connectivity index (χ1v) is 6.57. The van der Waals surface area contributed by atoms with Gasteiger partial charge in [0.05, 0.1) is 0 Å². The smallest absolute Gasteiger partial charge is 0.129 e. The van der Waals surface area contributed by atoms with Crippen LogP contribution in [-0.2, 0) is 6.54 Å². The molecule has 0 bridgehead atoms. The van der Waals surface area contributed by atoms with Gasteiger partial charge in [-0.05, 0) is 58.6 Å². The van der Waals surface area contributed by atoms with Gasteiger partial charge in [0.15, 0.2) is 0 Å². The average Bonchev–Trinajstić information content (AvgIpc) is 2.33. The van der Waals surface area contributed by atoms with Crippen molar-refractivity contribution in [1.29, 1.82) is 0 Å². The fraction of sp³-hybridized carbons (Fsp3) is 0.214. The summed E-state index contributed by atoms with van der Waals surface area (Å²) in [5.74, 6) is 0.903. The number of nitrogens with one attached hydrogen (secondary N) is 1. The first kappa shape index (κ1) is 12.9. The van der Waals surface area contributed by atoms with Gasteiger partial charge in [0.1, 0.15) is 5.82 Å². The minimum atomic E-state index is 0.729. The van der Waals surface area contributed by atoms with Crippen molar-refractivity contribution < 1.29 is 0 Å². The second-order valence-corrected chi connectivity index (χ2v) is 5.22. The fourth-order valence-electron chi connectivity index (χ4n) is 1.80. The number of hydrogen-bond donors (Lipinski definition) is 2. The predicted molar refractivity (Wildman–Crippen MR) is 79.6 cm³/mol. The zero-order chi connectivity index (χ0) is 13.1. The van der Waals surface area contributed by atoms with Gasteiger partial charge in [-0.15, -0.1) is 0 Å². The summed E-state index contributed by atoms with van der Waals surface area (Å²) >= 11 is 3.41. The molecule has 0 radical (unpaired) electrons. The van der Waals surface area contributed by atoms with Gasteiger partial charge in [-0.3, -0.25) is 0 Å². The maximum atomic E-state index is 5.89. The number of aromatic nitrogens is 1. The zero-order valence-corrected chi connectivity index (χ0v) is 12.1. The highest BCUT2D eigenvalue weighted by Crippen LogP contribution is 2.20. The molecule has 0 saturated heterocycles. The maximum absolute atomic E-state index is 5.89. The number of nitrogens with zero attached hydrogens (tertiary/aromatic N) is 1. The molecule has 0 aliphatic rings. The van der Waals surface area contributed by atoms with Gasteiger partial charge in [-0.1, -0.05) is 12.1 Å². The standard InChI is InChI=1S/C14H16BrN3/c1-9-6-12(15)8-18-14(9)17-7-11-4-3-5-13(16)10(11)2/h3-6,8H,7,16H2,1-2H3,(H,17,18). The Kier molecular flexibility index (Phi) is 3.87. The molecule has 3 N–H and O–H groups in total. The van der Waals surface area contributed by atoms with Crippen molar-refractivity contribution in [2.24, 2.45) is 0 Å². The third-order valence-corrected chi connectivity index (χ3v) is 3.41. The number of nitrogens with two attached hydrogens (primary N) is 1. The van der Waals surface area contributed by atoms with Gasteiger partial charge in [-0.25, -0.2) is 4.98 Å². The van der Waals surface area contributed by atoms with E-state index in [9.17, 15) is 0 Å². The number of hydrogen-bond acceptors (Lipinski definition) is 3. The molecule has 2 aromatic rings. The number of halogens is 1. The van der Waals surface area contributed by atoms with Gasteiger partial charge in [0.2, 0.25) is 0 Å². The fourth-order valence-corrected chi connectivity index (χ4v) is 2.25. The molecule has 1 aromatic carbocycles. The van der Waals surface area contributed by atoms with Gasteiger partial charge in [0.25, 0.3) is 0 Å². The normalized spacial score (nSPS) is 10.4. The molecule has 94 valence electrons. The van der Waals surface area contributed by atoms with Gasteiger partial charge in [0, 0.05) is 22.9 Å². The Morgan fingerprint density at radius 2 is 2.11 bits per heavy atom. The van der Waals surface area contributed by atoms with Crippen molar-refractivity contribution >= 4 is 27.4 Å². The maximum Gasteiger partial charge on any atom is 0.129 e. The summed E-state index contributed by atoms with van der Waals surface area (Å²) in [6.45, 7) is 4.80. The Bertz CT molecular complexity index is 567. The number of anilines is 2. The van der Waals surface area contributed by atoms with Crippen LogP contribution < -0.4 is 11.1 Å². The van der Waals surface area contributed by atoms with Crippen molar-refractivity contribution in [3.8, 4) is 0 Å². The van der Waals surface area contributed by atoms with E-state index in [2.05, 4.69) is 32.3 Å². The van der Waals surface area contributed by atoms with Crippen molar-refractivity contribution in [2.75, 3.05) is 11.1 Å². The molecule has 0 amide bonds. The predicted octanol–water partition coefficient (Wildman–Crippen LogP) is 3.66. The lowest BCUT2D eigenvalue weighted by atomic mass is 10.1. The molecule has 0 aliphatic carbocycles. The molecule has 0 spiro atoms. The molecular formula is C14H16BrN3. The summed E-state index contributed by atoms with van der Waals surface area (Å²) in [6.07, 6.45) is 1.79. The molecule has 2 rings (SSSR count). The second kappa shape index (κ2) is 5.40. The molecule has 18 heavy (non-hydrogen) atoms. The summed E-state index contributed by atoms with van der Waals surface area (Å²) in [4.78, 5) is 4.36. The van der Waals surface area contributed by atoms with Crippen LogP contribution in [0.5, 0.6) is 0 Å². The van der Waals surface area contributed by atoms with Gasteiger partial charge < -0.3 is 11.1 Å². The SMILES string of the molecule is Cc1cc(Br)cnc1NCc1cccc(N)c1C. The molecule has 1 heterocycles. The van der Waals surface area contributed by atoms with Crippen molar-refractivity contribution in [2.45, 2.75) is 20.4 Å². The van der Waals surface area contributed by atoms with E-state index in [-0.39, 0.29) is 0 Å². The van der Waals surface area contributed by atoms with Crippen LogP contribution >= 0.6 is 15.9 Å². The van der Waals surface area contributed by atoms with Crippen LogP contribution in [0.3, 0.4) is 0 Å². The summed E-state index contributed by atoms with van der Waals surface area (Å²) in [7, 11) is 0. The minimum Gasteiger partial charge on any atom is -0.399 e. The highest BCUT2D eigenvalue weighted by molar-refractivity contribution is 9.10. The molecule has 0 aliphatic heterocycles. The van der Waals surface area contributed by atoms with Crippen molar-refractivity contribution in [3.05, 3.63) is 51.6 Å². The third kappa shape index (κ3) is 2.82. The van der Waals surface area contributed by atoms with Crippen LogP contribution in [0.25, 0.3) is 0 Å². The third-order valence-electron chi connectivity index (χ3n) is 2.98. The summed E-state index contributed by atoms with van der Waals surface area (Å²) in [5, 5.41) is 3.34. The Balaban J connectivity index is 2.14. The molecule has 0 atom stereocenters. The lowest BCUT2D eigenvalue weighted by Crippen LogP contribution is -2.05. The lowest BCUT2D eigenvalue weighted by Gasteiger charge is -2.11. The van der Waals surface area contributed by atoms with E-state index in [1.54, 1.807) is 6.20 Å². The summed E-state index contributed by atoms with van der Waals surface area (Å²) in [6, 6.07) is 8.01. The average molecular weight is 306 g/mol. The van der Waals surface area contributed by atoms with E-state index in [0.29, 0.717) is 0 Å². The Morgan fingerprint density at radius 1 is 1.33 bits per heavy atom. The number of aryl methyl sites for hydroxylation is 1. The molecule has 3 nitrogen and oxygen atoms in total. The van der Waals surface area contributed by atoms with Gasteiger partial charge >= 0.3 is 0 Å².